The lowest BCUT2D eigenvalue weighted by atomic mass is 9.70. The molecule has 2 bridgehead atoms. The zero-order valence-corrected chi connectivity index (χ0v) is 24.4. The number of morpholine rings is 1. The highest BCUT2D eigenvalue weighted by molar-refractivity contribution is 7.92. The van der Waals surface area contributed by atoms with Crippen LogP contribution in [0.25, 0.3) is 0 Å². The number of benzene rings is 1. The molecule has 216 valence electrons. The summed E-state index contributed by atoms with van der Waals surface area (Å²) < 4.78 is 35.0. The standard InChI is InChI=1S/C29H44N4O5S/c1-21-7-11-33(12-8-21)25-5-4-23(19-24(25)27(35)30-10-13-32-14-16-38-17-15-32)31-39(36,37)20-29-9-6-22(18-26(29)34)28(29,2)3/h4-5,19,21-22,31H,6-18,20H2,1-3H3,(H,30,35). The fourth-order valence-corrected chi connectivity index (χ4v) is 9.09. The third-order valence-corrected chi connectivity index (χ3v) is 11.5. The molecule has 2 unspecified atom stereocenters. The van der Waals surface area contributed by atoms with Crippen molar-refractivity contribution in [3.63, 3.8) is 0 Å². The van der Waals surface area contributed by atoms with Gasteiger partial charge in [-0.15, -0.1) is 0 Å². The van der Waals surface area contributed by atoms with Gasteiger partial charge in [0, 0.05) is 57.1 Å². The summed E-state index contributed by atoms with van der Waals surface area (Å²) in [5.74, 6) is 0.552. The van der Waals surface area contributed by atoms with Crippen LogP contribution in [0.4, 0.5) is 11.4 Å². The Hall–Kier alpha value is -2.17. The molecule has 0 radical (unpaired) electrons. The quantitative estimate of drug-likeness (QED) is 0.478. The molecule has 0 aromatic heterocycles. The molecule has 4 fully saturated rings. The molecule has 5 rings (SSSR count). The third kappa shape index (κ3) is 5.70. The number of sulfonamides is 1. The van der Waals surface area contributed by atoms with E-state index < -0.39 is 15.4 Å². The number of Topliss-reactive ketones (excluding diaryl/α,β-unsaturated/α-hetero) is 1. The fraction of sp³-hybridized carbons (Fsp3) is 0.724. The number of nitrogens with one attached hydrogen (secondary N) is 2. The van der Waals surface area contributed by atoms with Crippen LogP contribution in [0.1, 0.15) is 63.2 Å². The molecule has 0 spiro atoms. The van der Waals surface area contributed by atoms with Crippen LogP contribution in [0.3, 0.4) is 0 Å². The van der Waals surface area contributed by atoms with Crippen LogP contribution in [-0.2, 0) is 19.6 Å². The molecular formula is C29H44N4O5S. The summed E-state index contributed by atoms with van der Waals surface area (Å²) in [6.45, 7) is 12.4. The highest BCUT2D eigenvalue weighted by Gasteiger charge is 2.65. The average molecular weight is 561 g/mol. The molecule has 1 aromatic rings. The molecule has 1 aromatic carbocycles. The van der Waals surface area contributed by atoms with Gasteiger partial charge in [-0.05, 0) is 61.1 Å². The van der Waals surface area contributed by atoms with Gasteiger partial charge in [-0.1, -0.05) is 20.8 Å². The Balaban J connectivity index is 1.33. The lowest BCUT2D eigenvalue weighted by Crippen LogP contribution is -2.43. The molecule has 9 nitrogen and oxygen atoms in total. The van der Waals surface area contributed by atoms with Crippen LogP contribution < -0.4 is 14.9 Å². The van der Waals surface area contributed by atoms with Crippen molar-refractivity contribution >= 4 is 33.1 Å². The Morgan fingerprint density at radius 2 is 1.82 bits per heavy atom. The predicted octanol–water partition coefficient (Wildman–Crippen LogP) is 3.12. The highest BCUT2D eigenvalue weighted by atomic mass is 32.2. The van der Waals surface area contributed by atoms with Gasteiger partial charge >= 0.3 is 0 Å². The Kier molecular flexibility index (Phi) is 8.01. The van der Waals surface area contributed by atoms with E-state index in [1.807, 2.05) is 19.9 Å². The first kappa shape index (κ1) is 28.4. The number of hydrogen-bond acceptors (Lipinski definition) is 7. The van der Waals surface area contributed by atoms with Crippen molar-refractivity contribution < 1.29 is 22.7 Å². The number of carbonyl (C=O) groups excluding carboxylic acids is 2. The number of anilines is 2. The number of nitrogens with zero attached hydrogens (tertiary/aromatic N) is 2. The summed E-state index contributed by atoms with van der Waals surface area (Å²) in [6.07, 6.45) is 4.10. The number of carbonyl (C=O) groups is 2. The Labute approximate surface area is 233 Å². The molecule has 10 heteroatoms. The predicted molar refractivity (Wildman–Crippen MR) is 153 cm³/mol. The van der Waals surface area contributed by atoms with Gasteiger partial charge < -0.3 is 15.0 Å². The van der Waals surface area contributed by atoms with Crippen LogP contribution in [0.5, 0.6) is 0 Å². The fourth-order valence-electron chi connectivity index (χ4n) is 7.20. The van der Waals surface area contributed by atoms with Crippen LogP contribution in [0.15, 0.2) is 18.2 Å². The van der Waals surface area contributed by atoms with Crippen LogP contribution >= 0.6 is 0 Å². The van der Waals surface area contributed by atoms with Gasteiger partial charge in [0.25, 0.3) is 5.91 Å². The number of fused-ring (bicyclic) bond motifs is 2. The molecule has 2 aliphatic heterocycles. The first-order valence-electron chi connectivity index (χ1n) is 14.5. The number of ketones is 1. The maximum Gasteiger partial charge on any atom is 0.253 e. The van der Waals surface area contributed by atoms with Crippen molar-refractivity contribution in [1.29, 1.82) is 0 Å². The van der Waals surface area contributed by atoms with Crippen molar-refractivity contribution in [1.82, 2.24) is 10.2 Å². The van der Waals surface area contributed by atoms with Crippen molar-refractivity contribution in [2.24, 2.45) is 22.7 Å². The van der Waals surface area contributed by atoms with Crippen molar-refractivity contribution in [3.05, 3.63) is 23.8 Å². The van der Waals surface area contributed by atoms with E-state index >= 15 is 0 Å². The summed E-state index contributed by atoms with van der Waals surface area (Å²) in [7, 11) is -3.82. The minimum atomic E-state index is -3.82. The molecule has 2 heterocycles. The summed E-state index contributed by atoms with van der Waals surface area (Å²) in [4.78, 5) is 30.9. The van der Waals surface area contributed by atoms with Gasteiger partial charge in [-0.25, -0.2) is 8.42 Å². The molecular weight excluding hydrogens is 516 g/mol. The molecule has 39 heavy (non-hydrogen) atoms. The monoisotopic (exact) mass is 560 g/mol. The smallest absolute Gasteiger partial charge is 0.253 e. The summed E-state index contributed by atoms with van der Waals surface area (Å²) >= 11 is 0. The number of piperidine rings is 1. The number of hydrogen-bond donors (Lipinski definition) is 2. The normalized spacial score (nSPS) is 27.6. The van der Waals surface area contributed by atoms with Crippen molar-refractivity contribution in [3.8, 4) is 0 Å². The minimum Gasteiger partial charge on any atom is -0.379 e. The van der Waals surface area contributed by atoms with Gasteiger partial charge in [0.2, 0.25) is 10.0 Å². The maximum absolute atomic E-state index is 13.4. The molecule has 2 atom stereocenters. The molecule has 2 N–H and O–H groups in total. The zero-order chi connectivity index (χ0) is 27.8. The van der Waals surface area contributed by atoms with Crippen LogP contribution in [0, 0.1) is 22.7 Å². The van der Waals surface area contributed by atoms with E-state index in [9.17, 15) is 18.0 Å². The maximum atomic E-state index is 13.4. The third-order valence-electron chi connectivity index (χ3n) is 10.0. The van der Waals surface area contributed by atoms with Gasteiger partial charge in [-0.3, -0.25) is 19.2 Å². The van der Waals surface area contributed by atoms with Crippen LogP contribution in [0.2, 0.25) is 0 Å². The van der Waals surface area contributed by atoms with E-state index in [0.717, 1.165) is 57.7 Å². The molecule has 1 amide bonds. The molecule has 2 saturated heterocycles. The highest BCUT2D eigenvalue weighted by Crippen LogP contribution is 2.64. The van der Waals surface area contributed by atoms with Gasteiger partial charge in [-0.2, -0.15) is 0 Å². The van der Waals surface area contributed by atoms with Gasteiger partial charge in [0.15, 0.2) is 0 Å². The minimum absolute atomic E-state index is 0.0733. The van der Waals surface area contributed by atoms with E-state index in [4.69, 9.17) is 4.74 Å². The van der Waals surface area contributed by atoms with E-state index in [0.29, 0.717) is 49.8 Å². The summed E-state index contributed by atoms with van der Waals surface area (Å²) in [5.41, 5.74) is 0.491. The van der Waals surface area contributed by atoms with Gasteiger partial charge in [0.05, 0.1) is 29.9 Å². The molecule has 2 aliphatic carbocycles. The lowest BCUT2D eigenvalue weighted by molar-refractivity contribution is -0.128. The van der Waals surface area contributed by atoms with E-state index in [-0.39, 0.29) is 28.8 Å². The topological polar surface area (TPSA) is 108 Å². The van der Waals surface area contributed by atoms with Crippen molar-refractivity contribution in [2.45, 2.75) is 52.9 Å². The second kappa shape index (κ2) is 11.0. The first-order valence-corrected chi connectivity index (χ1v) is 16.2. The zero-order valence-electron chi connectivity index (χ0n) is 23.6. The van der Waals surface area contributed by atoms with E-state index in [1.54, 1.807) is 12.1 Å². The van der Waals surface area contributed by atoms with E-state index in [1.165, 1.54) is 0 Å². The second-order valence-corrected chi connectivity index (χ2v) is 14.4. The summed E-state index contributed by atoms with van der Waals surface area (Å²) in [6, 6.07) is 5.26. The van der Waals surface area contributed by atoms with Gasteiger partial charge in [0.1, 0.15) is 5.78 Å². The first-order chi connectivity index (χ1) is 18.5. The SMILES string of the molecule is CC1CCN(c2ccc(NS(=O)(=O)CC34CCC(CC3=O)C4(C)C)cc2C(=O)NCCN2CCOCC2)CC1. The van der Waals surface area contributed by atoms with E-state index in [2.05, 4.69) is 26.8 Å². The number of ether oxygens (including phenoxy) is 1. The Morgan fingerprint density at radius 3 is 2.46 bits per heavy atom. The Morgan fingerprint density at radius 1 is 1.10 bits per heavy atom. The Bertz CT molecular complexity index is 1190. The van der Waals surface area contributed by atoms with Crippen molar-refractivity contribution in [2.75, 3.05) is 67.9 Å². The lowest BCUT2D eigenvalue weighted by Gasteiger charge is -2.36. The number of amides is 1. The largest absolute Gasteiger partial charge is 0.379 e. The molecule has 4 aliphatic rings. The second-order valence-electron chi connectivity index (χ2n) is 12.6. The number of rotatable bonds is 9. The van der Waals surface area contributed by atoms with Crippen LogP contribution in [-0.4, -0.2) is 83.2 Å². The molecule has 2 saturated carbocycles. The summed E-state index contributed by atoms with van der Waals surface area (Å²) in [5, 5.41) is 3.05. The average Bonchev–Trinajstić information content (AvgIpc) is 3.24.